The van der Waals surface area contributed by atoms with Crippen LogP contribution < -0.4 is 0 Å². The maximum Gasteiger partial charge on any atom is 0.184 e. The first kappa shape index (κ1) is 17.9. The van der Waals surface area contributed by atoms with E-state index in [1.807, 2.05) is 0 Å². The Hall–Kier alpha value is -0.200. The Morgan fingerprint density at radius 3 is 2.50 bits per heavy atom. The van der Waals surface area contributed by atoms with Crippen molar-refractivity contribution in [2.45, 2.75) is 63.9 Å². The summed E-state index contributed by atoms with van der Waals surface area (Å²) in [6, 6.07) is 0. The van der Waals surface area contributed by atoms with E-state index in [1.54, 1.807) is 0 Å². The summed E-state index contributed by atoms with van der Waals surface area (Å²) in [7, 11) is 1.52. The van der Waals surface area contributed by atoms with Gasteiger partial charge in [0.2, 0.25) is 0 Å². The highest BCUT2D eigenvalue weighted by Gasteiger charge is 2.30. The maximum atomic E-state index is 10.0. The fourth-order valence-corrected chi connectivity index (χ4v) is 2.65. The third-order valence-electron chi connectivity index (χ3n) is 3.81. The fourth-order valence-electron chi connectivity index (χ4n) is 2.65. The average Bonchev–Trinajstić information content (AvgIpc) is 2.61. The number of aliphatic hydroxyl groups excluding tert-OH is 2. The predicted octanol–water partition coefficient (Wildman–Crippen LogP) is 1.37. The molecule has 3 atom stereocenters. The summed E-state index contributed by atoms with van der Waals surface area (Å²) in [4.78, 5) is 2.17. The van der Waals surface area contributed by atoms with E-state index in [0.717, 1.165) is 13.0 Å². The molecule has 0 aliphatic carbocycles. The van der Waals surface area contributed by atoms with Gasteiger partial charge >= 0.3 is 0 Å². The van der Waals surface area contributed by atoms with E-state index in [0.29, 0.717) is 13.1 Å². The molecule has 5 nitrogen and oxygen atoms in total. The zero-order chi connectivity index (χ0) is 14.8. The molecule has 0 aromatic rings. The summed E-state index contributed by atoms with van der Waals surface area (Å²) < 4.78 is 10.7. The van der Waals surface area contributed by atoms with Gasteiger partial charge < -0.3 is 19.7 Å². The van der Waals surface area contributed by atoms with Crippen LogP contribution in [0.25, 0.3) is 0 Å². The second-order valence-corrected chi connectivity index (χ2v) is 5.64. The van der Waals surface area contributed by atoms with Crippen LogP contribution in [0.1, 0.15) is 45.4 Å². The quantitative estimate of drug-likeness (QED) is 0.628. The van der Waals surface area contributed by atoms with Crippen molar-refractivity contribution in [1.29, 1.82) is 0 Å². The Morgan fingerprint density at radius 2 is 1.85 bits per heavy atom. The van der Waals surface area contributed by atoms with Gasteiger partial charge in [0.1, 0.15) is 6.10 Å². The van der Waals surface area contributed by atoms with Gasteiger partial charge in [0.05, 0.1) is 12.7 Å². The highest BCUT2D eigenvalue weighted by atomic mass is 16.7. The number of β-amino-alcohol motifs (C(OH)–C–C–N with tert-alkyl or cyclic N) is 1. The first-order chi connectivity index (χ1) is 9.71. The predicted molar refractivity (Wildman–Crippen MR) is 78.6 cm³/mol. The first-order valence-electron chi connectivity index (χ1n) is 7.90. The van der Waals surface area contributed by atoms with Gasteiger partial charge in [-0.15, -0.1) is 0 Å². The zero-order valence-corrected chi connectivity index (χ0v) is 13.0. The van der Waals surface area contributed by atoms with Crippen LogP contribution >= 0.6 is 0 Å². The molecule has 120 valence electrons. The van der Waals surface area contributed by atoms with Gasteiger partial charge in [0.25, 0.3) is 0 Å². The second kappa shape index (κ2) is 10.5. The molecule has 0 spiro atoms. The van der Waals surface area contributed by atoms with Gasteiger partial charge in [-0.25, -0.2) is 0 Å². The maximum absolute atomic E-state index is 10.0. The van der Waals surface area contributed by atoms with Crippen LogP contribution in [0.15, 0.2) is 0 Å². The topological polar surface area (TPSA) is 62.2 Å². The van der Waals surface area contributed by atoms with Gasteiger partial charge in [-0.05, 0) is 13.0 Å². The summed E-state index contributed by atoms with van der Waals surface area (Å²) >= 11 is 0. The summed E-state index contributed by atoms with van der Waals surface area (Å²) in [5.41, 5.74) is 0. The van der Waals surface area contributed by atoms with Gasteiger partial charge in [0, 0.05) is 20.2 Å². The van der Waals surface area contributed by atoms with Crippen LogP contribution in [0.3, 0.4) is 0 Å². The lowest BCUT2D eigenvalue weighted by atomic mass is 10.1. The molecule has 0 saturated carbocycles. The fraction of sp³-hybridized carbons (Fsp3) is 1.00. The van der Waals surface area contributed by atoms with Gasteiger partial charge in [-0.3, -0.25) is 4.90 Å². The zero-order valence-electron chi connectivity index (χ0n) is 13.0. The SMILES string of the molecule is CCCCCCCCN1C[C@@H](CO)O[C@H](OC)[C@H](O)C1. The lowest BCUT2D eigenvalue weighted by molar-refractivity contribution is -0.196. The van der Waals surface area contributed by atoms with E-state index < -0.39 is 12.4 Å². The number of unbranched alkanes of at least 4 members (excludes halogenated alkanes) is 5. The monoisotopic (exact) mass is 289 g/mol. The summed E-state index contributed by atoms with van der Waals surface area (Å²) in [6.07, 6.45) is 5.97. The van der Waals surface area contributed by atoms with Crippen LogP contribution in [0.4, 0.5) is 0 Å². The molecular weight excluding hydrogens is 258 g/mol. The smallest absolute Gasteiger partial charge is 0.184 e. The van der Waals surface area contributed by atoms with Gasteiger partial charge in [-0.1, -0.05) is 39.0 Å². The number of nitrogens with zero attached hydrogens (tertiary/aromatic N) is 1. The molecule has 1 aliphatic rings. The van der Waals surface area contributed by atoms with Crippen molar-refractivity contribution in [2.24, 2.45) is 0 Å². The standard InChI is InChI=1S/C15H31NO4/c1-3-4-5-6-7-8-9-16-10-13(12-17)20-15(19-2)14(18)11-16/h13-15,17-18H,3-12H2,1-2H3/t13-,14+,15-/m0/s1. The van der Waals surface area contributed by atoms with E-state index in [-0.39, 0.29) is 12.7 Å². The molecule has 0 aromatic heterocycles. The Morgan fingerprint density at radius 1 is 1.15 bits per heavy atom. The normalized spacial score (nSPS) is 28.5. The molecule has 0 amide bonds. The van der Waals surface area contributed by atoms with Crippen molar-refractivity contribution in [2.75, 3.05) is 33.4 Å². The van der Waals surface area contributed by atoms with Crippen LogP contribution in [-0.2, 0) is 9.47 Å². The van der Waals surface area contributed by atoms with Crippen LogP contribution in [-0.4, -0.2) is 67.0 Å². The molecular formula is C15H31NO4. The van der Waals surface area contributed by atoms with Crippen molar-refractivity contribution >= 4 is 0 Å². The minimum Gasteiger partial charge on any atom is -0.394 e. The molecule has 0 radical (unpaired) electrons. The summed E-state index contributed by atoms with van der Waals surface area (Å²) in [5.74, 6) is 0. The van der Waals surface area contributed by atoms with Crippen LogP contribution in [0, 0.1) is 0 Å². The second-order valence-electron chi connectivity index (χ2n) is 5.64. The molecule has 0 bridgehead atoms. The van der Waals surface area contributed by atoms with E-state index in [9.17, 15) is 10.2 Å². The average molecular weight is 289 g/mol. The highest BCUT2D eigenvalue weighted by molar-refractivity contribution is 4.77. The van der Waals surface area contributed by atoms with Crippen molar-refractivity contribution in [3.8, 4) is 0 Å². The molecule has 1 saturated heterocycles. The summed E-state index contributed by atoms with van der Waals surface area (Å²) in [6.45, 7) is 4.32. The third-order valence-corrected chi connectivity index (χ3v) is 3.81. The van der Waals surface area contributed by atoms with Crippen molar-refractivity contribution in [3.63, 3.8) is 0 Å². The first-order valence-corrected chi connectivity index (χ1v) is 7.90. The number of hydrogen-bond acceptors (Lipinski definition) is 5. The Balaban J connectivity index is 2.29. The lowest BCUT2D eigenvalue weighted by Crippen LogP contribution is -2.38. The lowest BCUT2D eigenvalue weighted by Gasteiger charge is -2.23. The molecule has 1 heterocycles. The van der Waals surface area contributed by atoms with Crippen LogP contribution in [0.2, 0.25) is 0 Å². The van der Waals surface area contributed by atoms with Gasteiger partial charge in [0.15, 0.2) is 6.29 Å². The molecule has 5 heteroatoms. The van der Waals surface area contributed by atoms with E-state index >= 15 is 0 Å². The van der Waals surface area contributed by atoms with Gasteiger partial charge in [-0.2, -0.15) is 0 Å². The van der Waals surface area contributed by atoms with Crippen molar-refractivity contribution < 1.29 is 19.7 Å². The summed E-state index contributed by atoms with van der Waals surface area (Å²) in [5, 5.41) is 19.3. The van der Waals surface area contributed by atoms with Crippen LogP contribution in [0.5, 0.6) is 0 Å². The van der Waals surface area contributed by atoms with E-state index in [2.05, 4.69) is 11.8 Å². The number of aliphatic hydroxyl groups is 2. The number of rotatable bonds is 9. The molecule has 1 fully saturated rings. The molecule has 0 aromatic carbocycles. The molecule has 1 rings (SSSR count). The minimum atomic E-state index is -0.656. The number of methoxy groups -OCH3 is 1. The third kappa shape index (κ3) is 6.50. The largest absolute Gasteiger partial charge is 0.394 e. The van der Waals surface area contributed by atoms with E-state index in [1.165, 1.54) is 39.2 Å². The van der Waals surface area contributed by atoms with Crippen molar-refractivity contribution in [3.05, 3.63) is 0 Å². The Kier molecular flexibility index (Phi) is 9.39. The molecule has 2 N–H and O–H groups in total. The highest BCUT2D eigenvalue weighted by Crippen LogP contribution is 2.14. The Bertz CT molecular complexity index is 238. The Labute approximate surface area is 122 Å². The minimum absolute atomic E-state index is 0.0421. The van der Waals surface area contributed by atoms with Crippen molar-refractivity contribution in [1.82, 2.24) is 4.90 Å². The molecule has 0 unspecified atom stereocenters. The molecule has 20 heavy (non-hydrogen) atoms. The van der Waals surface area contributed by atoms with E-state index in [4.69, 9.17) is 9.47 Å². The molecule has 1 aliphatic heterocycles. The number of ether oxygens (including phenoxy) is 2. The number of hydrogen-bond donors (Lipinski definition) is 2.